The van der Waals surface area contributed by atoms with E-state index in [1.165, 1.54) is 0 Å². The van der Waals surface area contributed by atoms with E-state index in [0.717, 1.165) is 11.1 Å². The number of aryl methyl sites for hydroxylation is 1. The van der Waals surface area contributed by atoms with Gasteiger partial charge in [-0.15, -0.1) is 0 Å². The molecule has 0 atom stereocenters. The number of benzene rings is 1. The first-order valence-electron chi connectivity index (χ1n) is 6.00. The van der Waals surface area contributed by atoms with Gasteiger partial charge >= 0.3 is 0 Å². The summed E-state index contributed by atoms with van der Waals surface area (Å²) in [6.45, 7) is 6.28. The van der Waals surface area contributed by atoms with E-state index >= 15 is 0 Å². The number of Topliss-reactive ketones (excluding diaryl/α,β-unsaturated/α-hetero) is 1. The number of rotatable bonds is 6. The van der Waals surface area contributed by atoms with E-state index in [-0.39, 0.29) is 19.1 Å². The highest BCUT2D eigenvalue weighted by Gasteiger charge is 2.15. The van der Waals surface area contributed by atoms with Crippen LogP contribution in [0.5, 0.6) is 5.75 Å². The van der Waals surface area contributed by atoms with Crippen LogP contribution in [0.25, 0.3) is 0 Å². The summed E-state index contributed by atoms with van der Waals surface area (Å²) in [4.78, 5) is 11.8. The molecular weight excluding hydrogens is 230 g/mol. The zero-order valence-electron chi connectivity index (χ0n) is 11.4. The quantitative estimate of drug-likeness (QED) is 0.622. The molecule has 0 aromatic heterocycles. The highest BCUT2D eigenvalue weighted by atomic mass is 16.7. The summed E-state index contributed by atoms with van der Waals surface area (Å²) in [5, 5.41) is 0. The monoisotopic (exact) mass is 251 g/mol. The molecule has 0 saturated heterocycles. The number of ketones is 1. The van der Waals surface area contributed by atoms with Gasteiger partial charge in [0.15, 0.2) is 12.6 Å². The molecule has 0 saturated carbocycles. The molecule has 0 aliphatic rings. The predicted molar refractivity (Wildman–Crippen MR) is 71.2 cm³/mol. The molecule has 0 spiro atoms. The summed E-state index contributed by atoms with van der Waals surface area (Å²) in [5.74, 6) is 0.767. The fraction of sp³-hybridized carbons (Fsp3) is 0.500. The number of methoxy groups -OCH3 is 1. The van der Waals surface area contributed by atoms with Crippen molar-refractivity contribution in [2.75, 3.05) is 20.4 Å². The Morgan fingerprint density at radius 1 is 1.39 bits per heavy atom. The topological polar surface area (TPSA) is 61.5 Å². The molecule has 0 heterocycles. The van der Waals surface area contributed by atoms with Crippen LogP contribution in [0.15, 0.2) is 12.1 Å². The Morgan fingerprint density at radius 3 is 2.56 bits per heavy atom. The van der Waals surface area contributed by atoms with Crippen molar-refractivity contribution >= 4 is 5.78 Å². The van der Waals surface area contributed by atoms with E-state index < -0.39 is 0 Å². The van der Waals surface area contributed by atoms with Gasteiger partial charge in [-0.1, -0.05) is 13.8 Å². The second kappa shape index (κ2) is 6.52. The van der Waals surface area contributed by atoms with Gasteiger partial charge in [-0.3, -0.25) is 4.79 Å². The highest BCUT2D eigenvalue weighted by Crippen LogP contribution is 2.28. The van der Waals surface area contributed by atoms with E-state index in [1.54, 1.807) is 7.11 Å². The van der Waals surface area contributed by atoms with Crippen molar-refractivity contribution in [2.45, 2.75) is 26.7 Å². The minimum Gasteiger partial charge on any atom is -0.467 e. The Morgan fingerprint density at radius 2 is 2.06 bits per heavy atom. The van der Waals surface area contributed by atoms with Crippen molar-refractivity contribution in [3.05, 3.63) is 28.8 Å². The van der Waals surface area contributed by atoms with E-state index in [4.69, 9.17) is 15.2 Å². The van der Waals surface area contributed by atoms with Gasteiger partial charge in [-0.05, 0) is 36.1 Å². The lowest BCUT2D eigenvalue weighted by Gasteiger charge is -2.16. The third-order valence-electron chi connectivity index (χ3n) is 2.81. The summed E-state index contributed by atoms with van der Waals surface area (Å²) in [5.41, 5.74) is 8.20. The molecule has 4 nitrogen and oxygen atoms in total. The van der Waals surface area contributed by atoms with Crippen molar-refractivity contribution in [1.29, 1.82) is 0 Å². The molecule has 1 aromatic carbocycles. The van der Waals surface area contributed by atoms with Crippen molar-refractivity contribution < 1.29 is 14.3 Å². The minimum atomic E-state index is -0.122. The molecule has 0 aliphatic carbocycles. The van der Waals surface area contributed by atoms with E-state index in [1.807, 2.05) is 19.1 Å². The third-order valence-corrected chi connectivity index (χ3v) is 2.81. The van der Waals surface area contributed by atoms with Crippen LogP contribution in [0.1, 0.15) is 41.3 Å². The van der Waals surface area contributed by atoms with Crippen molar-refractivity contribution in [3.8, 4) is 5.75 Å². The van der Waals surface area contributed by atoms with Crippen LogP contribution >= 0.6 is 0 Å². The van der Waals surface area contributed by atoms with Crippen molar-refractivity contribution in [1.82, 2.24) is 0 Å². The molecule has 0 fully saturated rings. The summed E-state index contributed by atoms with van der Waals surface area (Å²) < 4.78 is 10.3. The number of carbonyl (C=O) groups is 1. The first-order valence-corrected chi connectivity index (χ1v) is 6.00. The smallest absolute Gasteiger partial charge is 0.188 e. The normalized spacial score (nSPS) is 10.8. The van der Waals surface area contributed by atoms with Crippen molar-refractivity contribution in [2.24, 2.45) is 5.73 Å². The largest absolute Gasteiger partial charge is 0.467 e. The molecular formula is C14H21NO3. The van der Waals surface area contributed by atoms with Crippen LogP contribution in [0.4, 0.5) is 0 Å². The fourth-order valence-corrected chi connectivity index (χ4v) is 1.89. The number of carbonyl (C=O) groups excluding carboxylic acids is 1. The molecule has 1 aromatic rings. The van der Waals surface area contributed by atoms with Crippen LogP contribution < -0.4 is 10.5 Å². The number of ether oxygens (including phenoxy) is 2. The molecule has 0 aliphatic heterocycles. The molecule has 0 amide bonds. The van der Waals surface area contributed by atoms with E-state index in [0.29, 0.717) is 17.2 Å². The average Bonchev–Trinajstić information content (AvgIpc) is 2.34. The molecule has 18 heavy (non-hydrogen) atoms. The van der Waals surface area contributed by atoms with Gasteiger partial charge in [-0.2, -0.15) is 0 Å². The number of hydrogen-bond acceptors (Lipinski definition) is 4. The zero-order chi connectivity index (χ0) is 13.7. The first kappa shape index (κ1) is 14.7. The average molecular weight is 251 g/mol. The van der Waals surface area contributed by atoms with Crippen LogP contribution in [-0.2, 0) is 4.74 Å². The maximum Gasteiger partial charge on any atom is 0.188 e. The van der Waals surface area contributed by atoms with Gasteiger partial charge in [0.1, 0.15) is 5.75 Å². The first-order chi connectivity index (χ1) is 8.51. The highest BCUT2D eigenvalue weighted by molar-refractivity contribution is 6.00. The molecule has 4 heteroatoms. The van der Waals surface area contributed by atoms with Gasteiger partial charge in [-0.25, -0.2) is 0 Å². The summed E-state index contributed by atoms with van der Waals surface area (Å²) in [7, 11) is 1.54. The molecule has 2 N–H and O–H groups in total. The Kier molecular flexibility index (Phi) is 5.31. The second-order valence-corrected chi connectivity index (χ2v) is 4.54. The molecule has 0 radical (unpaired) electrons. The Balaban J connectivity index is 3.23. The van der Waals surface area contributed by atoms with Gasteiger partial charge in [0, 0.05) is 7.11 Å². The lowest BCUT2D eigenvalue weighted by molar-refractivity contribution is 0.0502. The SMILES string of the molecule is COCOc1cc(C)c(C(C)C)cc1C(=O)CN. The standard InChI is InChI=1S/C14H21NO3/c1-9(2)11-6-12(13(16)7-15)14(5-10(11)3)18-8-17-4/h5-6,9H,7-8,15H2,1-4H3. The fourth-order valence-electron chi connectivity index (χ4n) is 1.89. The van der Waals surface area contributed by atoms with Crippen LogP contribution in [0, 0.1) is 6.92 Å². The lowest BCUT2D eigenvalue weighted by Crippen LogP contribution is -2.16. The summed E-state index contributed by atoms with van der Waals surface area (Å²) in [6.07, 6.45) is 0. The second-order valence-electron chi connectivity index (χ2n) is 4.54. The Bertz CT molecular complexity index is 427. The number of nitrogens with two attached hydrogens (primary N) is 1. The van der Waals surface area contributed by atoms with E-state index in [9.17, 15) is 4.79 Å². The number of hydrogen-bond donors (Lipinski definition) is 1. The van der Waals surface area contributed by atoms with Gasteiger partial charge in [0.2, 0.25) is 0 Å². The maximum atomic E-state index is 11.8. The summed E-state index contributed by atoms with van der Waals surface area (Å²) in [6, 6.07) is 3.75. The lowest BCUT2D eigenvalue weighted by atomic mass is 9.94. The van der Waals surface area contributed by atoms with E-state index in [2.05, 4.69) is 13.8 Å². The third kappa shape index (κ3) is 3.31. The molecule has 0 bridgehead atoms. The molecule has 1 rings (SSSR count). The Hall–Kier alpha value is -1.39. The molecule has 100 valence electrons. The predicted octanol–water partition coefficient (Wildman–Crippen LogP) is 2.24. The van der Waals surface area contributed by atoms with Gasteiger partial charge < -0.3 is 15.2 Å². The minimum absolute atomic E-state index is 0.0239. The van der Waals surface area contributed by atoms with Gasteiger partial charge in [0.25, 0.3) is 0 Å². The maximum absolute atomic E-state index is 11.8. The van der Waals surface area contributed by atoms with Crippen LogP contribution in [-0.4, -0.2) is 26.2 Å². The Labute approximate surface area is 108 Å². The van der Waals surface area contributed by atoms with Crippen molar-refractivity contribution in [3.63, 3.8) is 0 Å². The van der Waals surface area contributed by atoms with Crippen LogP contribution in [0.3, 0.4) is 0 Å². The molecule has 0 unspecified atom stereocenters. The summed E-state index contributed by atoms with van der Waals surface area (Å²) >= 11 is 0. The van der Waals surface area contributed by atoms with Crippen LogP contribution in [0.2, 0.25) is 0 Å². The van der Waals surface area contributed by atoms with Gasteiger partial charge in [0.05, 0.1) is 12.1 Å². The zero-order valence-corrected chi connectivity index (χ0v) is 11.4.